The van der Waals surface area contributed by atoms with Crippen molar-refractivity contribution in [3.63, 3.8) is 0 Å². The Morgan fingerprint density at radius 2 is 2.00 bits per heavy atom. The lowest BCUT2D eigenvalue weighted by Gasteiger charge is -2.33. The molecule has 0 radical (unpaired) electrons. The fourth-order valence-corrected chi connectivity index (χ4v) is 4.65. The van der Waals surface area contributed by atoms with Crippen LogP contribution in [0.25, 0.3) is 0 Å². The zero-order valence-corrected chi connectivity index (χ0v) is 19.0. The molecule has 1 N–H and O–H groups in total. The lowest BCUT2D eigenvalue weighted by Crippen LogP contribution is -2.41. The van der Waals surface area contributed by atoms with E-state index < -0.39 is 0 Å². The maximum absolute atomic E-state index is 13.0. The van der Waals surface area contributed by atoms with Gasteiger partial charge < -0.3 is 10.2 Å². The molecular weight excluding hydrogens is 433 g/mol. The molecule has 0 bridgehead atoms. The maximum Gasteiger partial charge on any atom is 0.234 e. The normalized spacial score (nSPS) is 16.1. The van der Waals surface area contributed by atoms with Crippen molar-refractivity contribution in [2.45, 2.75) is 51.5 Å². The second-order valence-corrected chi connectivity index (χ2v) is 8.45. The van der Waals surface area contributed by atoms with E-state index in [0.717, 1.165) is 53.9 Å². The van der Waals surface area contributed by atoms with Crippen molar-refractivity contribution < 1.29 is 4.79 Å². The van der Waals surface area contributed by atoms with E-state index in [0.29, 0.717) is 31.9 Å². The third-order valence-corrected chi connectivity index (χ3v) is 6.44. The Morgan fingerprint density at radius 3 is 2.74 bits per heavy atom. The molecule has 1 aliphatic heterocycles. The van der Waals surface area contributed by atoms with Crippen molar-refractivity contribution in [2.24, 2.45) is 5.92 Å². The number of benzene rings is 1. The second kappa shape index (κ2) is 10.8. The van der Waals surface area contributed by atoms with E-state index in [9.17, 15) is 10.1 Å². The van der Waals surface area contributed by atoms with Gasteiger partial charge in [0.05, 0.1) is 12.2 Å². The highest BCUT2D eigenvalue weighted by Crippen LogP contribution is 2.29. The van der Waals surface area contributed by atoms with Crippen LogP contribution < -0.4 is 5.32 Å². The third kappa shape index (κ3) is 5.47. The first-order valence-corrected chi connectivity index (χ1v) is 11.1. The third-order valence-electron chi connectivity index (χ3n) is 6.07. The summed E-state index contributed by atoms with van der Waals surface area (Å²) >= 11 is 6.26. The molecule has 4 rings (SSSR count). The molecule has 2 aromatic rings. The Balaban J connectivity index is 0.00000272. The van der Waals surface area contributed by atoms with Gasteiger partial charge in [0.25, 0.3) is 0 Å². The topological polar surface area (TPSA) is 81.9 Å². The standard InChI is InChI=1S/C23H26ClN5O.ClH/c24-19-9-5-4-6-16(19)10-12-26-22-18-15-29(23(30)17-7-2-1-3-8-17)13-11-20(18)27-21(14-25)28-22;/h4-6,9,17H,1-3,7-8,10-13,15H2,(H,26,27,28);1H. The highest BCUT2D eigenvalue weighted by Gasteiger charge is 2.30. The Kier molecular flexibility index (Phi) is 8.11. The molecule has 2 aliphatic rings. The van der Waals surface area contributed by atoms with Crippen molar-refractivity contribution >= 4 is 35.7 Å². The van der Waals surface area contributed by atoms with Crippen LogP contribution in [0.5, 0.6) is 0 Å². The molecule has 1 fully saturated rings. The molecule has 2 heterocycles. The number of rotatable bonds is 5. The predicted octanol–water partition coefficient (Wildman–Crippen LogP) is 4.54. The summed E-state index contributed by atoms with van der Waals surface area (Å²) in [5.74, 6) is 1.23. The number of hydrogen-bond donors (Lipinski definition) is 1. The Morgan fingerprint density at radius 1 is 1.23 bits per heavy atom. The van der Waals surface area contributed by atoms with Gasteiger partial charge in [-0.1, -0.05) is 49.1 Å². The number of carbonyl (C=O) groups excluding carboxylic acids is 1. The Bertz CT molecular complexity index is 969. The lowest BCUT2D eigenvalue weighted by atomic mass is 9.87. The largest absolute Gasteiger partial charge is 0.369 e. The molecule has 1 aromatic heterocycles. The molecule has 0 spiro atoms. The number of carbonyl (C=O) groups is 1. The summed E-state index contributed by atoms with van der Waals surface area (Å²) in [6, 6.07) is 9.82. The monoisotopic (exact) mass is 459 g/mol. The van der Waals surface area contributed by atoms with Crippen LogP contribution in [0.15, 0.2) is 24.3 Å². The van der Waals surface area contributed by atoms with Crippen molar-refractivity contribution in [2.75, 3.05) is 18.4 Å². The average molecular weight is 460 g/mol. The first-order valence-electron chi connectivity index (χ1n) is 10.7. The van der Waals surface area contributed by atoms with Gasteiger partial charge in [-0.05, 0) is 30.9 Å². The van der Waals surface area contributed by atoms with E-state index in [1.165, 1.54) is 6.42 Å². The van der Waals surface area contributed by atoms with E-state index in [-0.39, 0.29) is 30.1 Å². The molecule has 1 saturated carbocycles. The van der Waals surface area contributed by atoms with Crippen molar-refractivity contribution in [3.05, 3.63) is 51.9 Å². The average Bonchev–Trinajstić information content (AvgIpc) is 2.80. The fourth-order valence-electron chi connectivity index (χ4n) is 4.42. The number of nitriles is 1. The van der Waals surface area contributed by atoms with Gasteiger partial charge in [-0.25, -0.2) is 9.97 Å². The molecular formula is C23H27Cl2N5O. The van der Waals surface area contributed by atoms with Gasteiger partial charge in [-0.15, -0.1) is 12.4 Å². The first-order chi connectivity index (χ1) is 14.7. The fraction of sp³-hybridized carbons (Fsp3) is 0.478. The zero-order chi connectivity index (χ0) is 20.9. The highest BCUT2D eigenvalue weighted by atomic mass is 35.5. The molecule has 0 unspecified atom stereocenters. The van der Waals surface area contributed by atoms with Crippen LogP contribution in [-0.2, 0) is 24.2 Å². The number of nitrogens with one attached hydrogen (secondary N) is 1. The molecule has 1 aromatic carbocycles. The molecule has 0 saturated heterocycles. The number of anilines is 1. The number of fused-ring (bicyclic) bond motifs is 1. The molecule has 31 heavy (non-hydrogen) atoms. The van der Waals surface area contributed by atoms with Crippen LogP contribution in [0.2, 0.25) is 5.02 Å². The van der Waals surface area contributed by atoms with Gasteiger partial charge >= 0.3 is 0 Å². The zero-order valence-electron chi connectivity index (χ0n) is 17.4. The van der Waals surface area contributed by atoms with Gasteiger partial charge in [0.2, 0.25) is 11.7 Å². The number of halogens is 2. The number of aromatic nitrogens is 2. The van der Waals surface area contributed by atoms with E-state index in [2.05, 4.69) is 21.4 Å². The van der Waals surface area contributed by atoms with Crippen LogP contribution in [0.1, 0.15) is 54.7 Å². The Hall–Kier alpha value is -2.36. The predicted molar refractivity (Wildman–Crippen MR) is 123 cm³/mol. The SMILES string of the molecule is Cl.N#Cc1nc2c(c(NCCc3ccccc3Cl)n1)CN(C(=O)C1CCCCC1)CC2. The van der Waals surface area contributed by atoms with Gasteiger partial charge in [0.1, 0.15) is 11.9 Å². The lowest BCUT2D eigenvalue weighted by molar-refractivity contribution is -0.137. The highest BCUT2D eigenvalue weighted by molar-refractivity contribution is 6.31. The van der Waals surface area contributed by atoms with Crippen molar-refractivity contribution in [1.82, 2.24) is 14.9 Å². The number of hydrogen-bond acceptors (Lipinski definition) is 5. The van der Waals surface area contributed by atoms with Crippen LogP contribution in [-0.4, -0.2) is 33.9 Å². The molecule has 164 valence electrons. The summed E-state index contributed by atoms with van der Waals surface area (Å²) in [4.78, 5) is 23.8. The van der Waals surface area contributed by atoms with Gasteiger partial charge in [0.15, 0.2) is 0 Å². The molecule has 8 heteroatoms. The van der Waals surface area contributed by atoms with Crippen LogP contribution >= 0.6 is 24.0 Å². The summed E-state index contributed by atoms with van der Waals surface area (Å²) in [5, 5.41) is 13.4. The summed E-state index contributed by atoms with van der Waals surface area (Å²) in [6.07, 6.45) is 6.91. The minimum Gasteiger partial charge on any atom is -0.369 e. The summed E-state index contributed by atoms with van der Waals surface area (Å²) in [5.41, 5.74) is 2.86. The summed E-state index contributed by atoms with van der Waals surface area (Å²) < 4.78 is 0. The molecule has 0 atom stereocenters. The smallest absolute Gasteiger partial charge is 0.234 e. The van der Waals surface area contributed by atoms with Gasteiger partial charge in [0, 0.05) is 36.0 Å². The molecule has 1 aliphatic carbocycles. The van der Waals surface area contributed by atoms with Gasteiger partial charge in [-0.3, -0.25) is 4.79 Å². The Labute approximate surface area is 194 Å². The van der Waals surface area contributed by atoms with Crippen LogP contribution in [0.3, 0.4) is 0 Å². The maximum atomic E-state index is 13.0. The quantitative estimate of drug-likeness (QED) is 0.709. The number of amides is 1. The van der Waals surface area contributed by atoms with E-state index in [4.69, 9.17) is 11.6 Å². The van der Waals surface area contributed by atoms with Gasteiger partial charge in [-0.2, -0.15) is 5.26 Å². The van der Waals surface area contributed by atoms with E-state index in [1.54, 1.807) is 0 Å². The van der Waals surface area contributed by atoms with Crippen LogP contribution in [0, 0.1) is 17.2 Å². The van der Waals surface area contributed by atoms with Crippen LogP contribution in [0.4, 0.5) is 5.82 Å². The minimum absolute atomic E-state index is 0. The minimum atomic E-state index is 0. The first kappa shape index (κ1) is 23.3. The van der Waals surface area contributed by atoms with Crippen molar-refractivity contribution in [1.29, 1.82) is 5.26 Å². The molecule has 6 nitrogen and oxygen atoms in total. The second-order valence-electron chi connectivity index (χ2n) is 8.05. The van der Waals surface area contributed by atoms with E-state index >= 15 is 0 Å². The van der Waals surface area contributed by atoms with Crippen molar-refractivity contribution in [3.8, 4) is 6.07 Å². The molecule has 1 amide bonds. The number of nitrogens with zero attached hydrogens (tertiary/aromatic N) is 4. The van der Waals surface area contributed by atoms with E-state index in [1.807, 2.05) is 29.2 Å². The summed E-state index contributed by atoms with van der Waals surface area (Å²) in [6.45, 7) is 1.79. The summed E-state index contributed by atoms with van der Waals surface area (Å²) in [7, 11) is 0.